The van der Waals surface area contributed by atoms with E-state index in [1.807, 2.05) is 31.2 Å². The average molecular weight is 301 g/mol. The van der Waals surface area contributed by atoms with Gasteiger partial charge in [-0.2, -0.15) is 0 Å². The molecule has 0 aliphatic heterocycles. The number of anilines is 1. The Morgan fingerprint density at radius 2 is 2.06 bits per heavy atom. The fourth-order valence-electron chi connectivity index (χ4n) is 1.24. The highest BCUT2D eigenvalue weighted by atomic mass is 79.9. The Labute approximate surface area is 110 Å². The Bertz CT molecular complexity index is 354. The summed E-state index contributed by atoms with van der Waals surface area (Å²) in [5.74, 6) is -0.115. The topological polar surface area (TPSA) is 61.4 Å². The van der Waals surface area contributed by atoms with Crippen LogP contribution in [0.25, 0.3) is 0 Å². The lowest BCUT2D eigenvalue weighted by Crippen LogP contribution is -2.33. The maximum Gasteiger partial charge on any atom is 0.238 e. The Kier molecular flexibility index (Phi) is 6.18. The second-order valence-electron chi connectivity index (χ2n) is 3.75. The molecular formula is C12H17BrN2O2. The molecule has 3 N–H and O–H groups in total. The number of carbonyl (C=O) groups excluding carboxylic acids is 1. The molecule has 5 heteroatoms. The smallest absolute Gasteiger partial charge is 0.238 e. The Balaban J connectivity index is 2.27. The van der Waals surface area contributed by atoms with Gasteiger partial charge in [0.25, 0.3) is 0 Å². The number of hydrogen-bond donors (Lipinski definition) is 3. The summed E-state index contributed by atoms with van der Waals surface area (Å²) in [5, 5.41) is 14.9. The zero-order chi connectivity index (χ0) is 12.7. The minimum atomic E-state index is -0.393. The van der Waals surface area contributed by atoms with E-state index in [2.05, 4.69) is 26.6 Å². The van der Waals surface area contributed by atoms with Crippen molar-refractivity contribution in [3.63, 3.8) is 0 Å². The van der Waals surface area contributed by atoms with Gasteiger partial charge in [0.15, 0.2) is 0 Å². The van der Waals surface area contributed by atoms with Gasteiger partial charge in [-0.1, -0.05) is 22.9 Å². The SMILES string of the molecule is CCC(O)CNCC(=O)Nc1ccc(Br)cc1. The largest absolute Gasteiger partial charge is 0.392 e. The number of halogens is 1. The van der Waals surface area contributed by atoms with Crippen LogP contribution in [0.3, 0.4) is 0 Å². The van der Waals surface area contributed by atoms with Gasteiger partial charge in [0.1, 0.15) is 0 Å². The van der Waals surface area contributed by atoms with E-state index in [1.54, 1.807) is 0 Å². The predicted molar refractivity (Wildman–Crippen MR) is 71.9 cm³/mol. The molecule has 0 aliphatic carbocycles. The van der Waals surface area contributed by atoms with Crippen LogP contribution < -0.4 is 10.6 Å². The van der Waals surface area contributed by atoms with Crippen molar-refractivity contribution in [2.75, 3.05) is 18.4 Å². The molecule has 1 amide bonds. The van der Waals surface area contributed by atoms with E-state index >= 15 is 0 Å². The molecular weight excluding hydrogens is 284 g/mol. The van der Waals surface area contributed by atoms with Crippen molar-refractivity contribution in [2.24, 2.45) is 0 Å². The van der Waals surface area contributed by atoms with Gasteiger partial charge in [-0.3, -0.25) is 4.79 Å². The van der Waals surface area contributed by atoms with Crippen molar-refractivity contribution >= 4 is 27.5 Å². The van der Waals surface area contributed by atoms with E-state index in [4.69, 9.17) is 0 Å². The van der Waals surface area contributed by atoms with Gasteiger partial charge in [-0.25, -0.2) is 0 Å². The summed E-state index contributed by atoms with van der Waals surface area (Å²) < 4.78 is 0.972. The van der Waals surface area contributed by atoms with Crippen LogP contribution in [0.1, 0.15) is 13.3 Å². The third kappa shape index (κ3) is 5.81. The molecule has 1 unspecified atom stereocenters. The number of aliphatic hydroxyl groups excluding tert-OH is 1. The average Bonchev–Trinajstić information content (AvgIpc) is 2.32. The lowest BCUT2D eigenvalue weighted by atomic mass is 10.3. The van der Waals surface area contributed by atoms with Gasteiger partial charge < -0.3 is 15.7 Å². The molecule has 0 aromatic heterocycles. The molecule has 94 valence electrons. The quantitative estimate of drug-likeness (QED) is 0.750. The predicted octanol–water partition coefficient (Wildman–Crippen LogP) is 1.75. The van der Waals surface area contributed by atoms with Crippen LogP contribution in [0.15, 0.2) is 28.7 Å². The summed E-state index contributed by atoms with van der Waals surface area (Å²) in [6.07, 6.45) is 0.289. The lowest BCUT2D eigenvalue weighted by Gasteiger charge is -2.09. The zero-order valence-electron chi connectivity index (χ0n) is 9.74. The molecule has 4 nitrogen and oxygen atoms in total. The molecule has 0 fully saturated rings. The molecule has 0 aliphatic rings. The number of benzene rings is 1. The Morgan fingerprint density at radius 1 is 1.41 bits per heavy atom. The van der Waals surface area contributed by atoms with Crippen LogP contribution >= 0.6 is 15.9 Å². The first kappa shape index (κ1) is 14.2. The van der Waals surface area contributed by atoms with E-state index in [0.29, 0.717) is 13.0 Å². The monoisotopic (exact) mass is 300 g/mol. The second kappa shape index (κ2) is 7.42. The highest BCUT2D eigenvalue weighted by Gasteiger charge is 2.04. The Morgan fingerprint density at radius 3 is 2.65 bits per heavy atom. The summed E-state index contributed by atoms with van der Waals surface area (Å²) in [5.41, 5.74) is 0.760. The molecule has 0 spiro atoms. The van der Waals surface area contributed by atoms with Gasteiger partial charge in [0, 0.05) is 16.7 Å². The van der Waals surface area contributed by atoms with E-state index in [-0.39, 0.29) is 12.5 Å². The summed E-state index contributed by atoms with van der Waals surface area (Å²) in [4.78, 5) is 11.5. The fraction of sp³-hybridized carbons (Fsp3) is 0.417. The first-order chi connectivity index (χ1) is 8.11. The summed E-state index contributed by atoms with van der Waals surface area (Å²) in [7, 11) is 0. The van der Waals surface area contributed by atoms with E-state index < -0.39 is 6.10 Å². The van der Waals surface area contributed by atoms with Gasteiger partial charge in [-0.05, 0) is 30.7 Å². The fourth-order valence-corrected chi connectivity index (χ4v) is 1.50. The molecule has 1 aromatic rings. The van der Waals surface area contributed by atoms with E-state index in [0.717, 1.165) is 10.2 Å². The van der Waals surface area contributed by atoms with Crippen molar-refractivity contribution in [2.45, 2.75) is 19.4 Å². The third-order valence-electron chi connectivity index (χ3n) is 2.26. The molecule has 1 rings (SSSR count). The van der Waals surface area contributed by atoms with Crippen LogP contribution in [0.2, 0.25) is 0 Å². The van der Waals surface area contributed by atoms with Crippen LogP contribution in [-0.4, -0.2) is 30.2 Å². The molecule has 0 bridgehead atoms. The van der Waals surface area contributed by atoms with E-state index in [9.17, 15) is 9.90 Å². The van der Waals surface area contributed by atoms with Gasteiger partial charge >= 0.3 is 0 Å². The summed E-state index contributed by atoms with van der Waals surface area (Å²) >= 11 is 3.32. The first-order valence-corrected chi connectivity index (χ1v) is 6.35. The van der Waals surface area contributed by atoms with Crippen molar-refractivity contribution in [1.29, 1.82) is 0 Å². The lowest BCUT2D eigenvalue weighted by molar-refractivity contribution is -0.115. The first-order valence-electron chi connectivity index (χ1n) is 5.56. The third-order valence-corrected chi connectivity index (χ3v) is 2.79. The zero-order valence-corrected chi connectivity index (χ0v) is 11.3. The molecule has 0 radical (unpaired) electrons. The van der Waals surface area contributed by atoms with E-state index in [1.165, 1.54) is 0 Å². The van der Waals surface area contributed by atoms with Crippen molar-refractivity contribution in [3.05, 3.63) is 28.7 Å². The van der Waals surface area contributed by atoms with Gasteiger partial charge in [-0.15, -0.1) is 0 Å². The van der Waals surface area contributed by atoms with Crippen molar-refractivity contribution < 1.29 is 9.90 Å². The number of amides is 1. The number of hydrogen-bond acceptors (Lipinski definition) is 3. The highest BCUT2D eigenvalue weighted by molar-refractivity contribution is 9.10. The number of aliphatic hydroxyl groups is 1. The molecule has 17 heavy (non-hydrogen) atoms. The molecule has 1 aromatic carbocycles. The molecule has 0 saturated carbocycles. The maximum atomic E-state index is 11.5. The standard InChI is InChI=1S/C12H17BrN2O2/c1-2-11(16)7-14-8-12(17)15-10-5-3-9(13)4-6-10/h3-6,11,14,16H,2,7-8H2,1H3,(H,15,17). The number of carbonyl (C=O) groups is 1. The minimum absolute atomic E-state index is 0.115. The van der Waals surface area contributed by atoms with Crippen LogP contribution in [0.4, 0.5) is 5.69 Å². The maximum absolute atomic E-state index is 11.5. The van der Waals surface area contributed by atoms with Crippen LogP contribution in [0, 0.1) is 0 Å². The highest BCUT2D eigenvalue weighted by Crippen LogP contribution is 2.13. The van der Waals surface area contributed by atoms with Crippen LogP contribution in [-0.2, 0) is 4.79 Å². The van der Waals surface area contributed by atoms with Gasteiger partial charge in [0.2, 0.25) is 5.91 Å². The number of nitrogens with one attached hydrogen (secondary N) is 2. The second-order valence-corrected chi connectivity index (χ2v) is 4.66. The van der Waals surface area contributed by atoms with Crippen molar-refractivity contribution in [3.8, 4) is 0 Å². The Hall–Kier alpha value is -0.910. The molecule has 0 saturated heterocycles. The van der Waals surface area contributed by atoms with Crippen molar-refractivity contribution in [1.82, 2.24) is 5.32 Å². The molecule has 0 heterocycles. The van der Waals surface area contributed by atoms with Crippen LogP contribution in [0.5, 0.6) is 0 Å². The minimum Gasteiger partial charge on any atom is -0.392 e. The summed E-state index contributed by atoms with van der Waals surface area (Å²) in [6, 6.07) is 7.37. The normalized spacial score (nSPS) is 12.2. The number of rotatable bonds is 6. The van der Waals surface area contributed by atoms with Gasteiger partial charge in [0.05, 0.1) is 12.6 Å². The molecule has 1 atom stereocenters. The summed E-state index contributed by atoms with van der Waals surface area (Å²) in [6.45, 7) is 2.53.